The number of pyridine rings is 1. The number of carbonyl (C=O) groups is 1. The summed E-state index contributed by atoms with van der Waals surface area (Å²) in [5.74, 6) is -0.573. The Morgan fingerprint density at radius 2 is 2.22 bits per heavy atom. The molecule has 7 heteroatoms. The molecular formula is C11H13Cl2FN2O2. The van der Waals surface area contributed by atoms with Crippen LogP contribution < -0.4 is 5.32 Å². The van der Waals surface area contributed by atoms with Gasteiger partial charge in [-0.05, 0) is 19.9 Å². The van der Waals surface area contributed by atoms with Crippen molar-refractivity contribution in [3.05, 3.63) is 28.0 Å². The van der Waals surface area contributed by atoms with Crippen LogP contribution in [0.3, 0.4) is 0 Å². The summed E-state index contributed by atoms with van der Waals surface area (Å²) in [4.78, 5) is 15.4. The first-order valence-electron chi connectivity index (χ1n) is 5.17. The maximum Gasteiger partial charge on any atom is 0.254 e. The Labute approximate surface area is 114 Å². The molecule has 0 unspecified atom stereocenters. The summed E-state index contributed by atoms with van der Waals surface area (Å²) in [5.41, 5.74) is -1.42. The largest absolute Gasteiger partial charge is 0.387 e. The van der Waals surface area contributed by atoms with Crippen molar-refractivity contribution >= 4 is 29.1 Å². The maximum atomic E-state index is 13.4. The Kier molecular flexibility index (Phi) is 4.90. The second-order valence-corrected chi connectivity index (χ2v) is 5.11. The summed E-state index contributed by atoms with van der Waals surface area (Å²) in [6.45, 7) is 2.32. The van der Waals surface area contributed by atoms with E-state index in [4.69, 9.17) is 23.2 Å². The van der Waals surface area contributed by atoms with E-state index in [1.54, 1.807) is 0 Å². The van der Waals surface area contributed by atoms with Crippen LogP contribution in [0.1, 0.15) is 24.2 Å². The molecule has 0 aliphatic heterocycles. The van der Waals surface area contributed by atoms with E-state index in [0.29, 0.717) is 0 Å². The molecule has 2 N–H and O–H groups in total. The Morgan fingerprint density at radius 1 is 1.61 bits per heavy atom. The van der Waals surface area contributed by atoms with E-state index in [2.05, 4.69) is 10.3 Å². The van der Waals surface area contributed by atoms with Crippen molar-refractivity contribution in [2.45, 2.75) is 25.6 Å². The quantitative estimate of drug-likeness (QED) is 0.837. The number of amides is 1. The zero-order valence-corrected chi connectivity index (χ0v) is 11.4. The number of hydrogen-bond donors (Lipinski definition) is 2. The van der Waals surface area contributed by atoms with Crippen molar-refractivity contribution < 1.29 is 14.3 Å². The molecule has 1 aromatic heterocycles. The summed E-state index contributed by atoms with van der Waals surface area (Å²) >= 11 is 11.4. The number of nitrogens with zero attached hydrogens (tertiary/aromatic N) is 1. The van der Waals surface area contributed by atoms with Crippen LogP contribution in [0.5, 0.6) is 0 Å². The number of aromatic nitrogens is 1. The summed E-state index contributed by atoms with van der Waals surface area (Å²) in [6.07, 6.45) is -0.377. The van der Waals surface area contributed by atoms with Gasteiger partial charge in [-0.3, -0.25) is 4.79 Å². The van der Waals surface area contributed by atoms with E-state index in [1.807, 2.05) is 0 Å². The fourth-order valence-electron chi connectivity index (χ4n) is 1.10. The number of halogens is 3. The number of nitrogens with one attached hydrogen (secondary N) is 1. The number of hydrogen-bond acceptors (Lipinski definition) is 3. The first kappa shape index (κ1) is 15.1. The number of carbonyl (C=O) groups excluding carboxylic acids is 1. The average Bonchev–Trinajstić information content (AvgIpc) is 2.24. The molecule has 0 aromatic carbocycles. The van der Waals surface area contributed by atoms with Crippen LogP contribution in [-0.2, 0) is 0 Å². The van der Waals surface area contributed by atoms with Crippen LogP contribution in [0.2, 0.25) is 10.2 Å². The van der Waals surface area contributed by atoms with Gasteiger partial charge in [-0.2, -0.15) is 0 Å². The summed E-state index contributed by atoms with van der Waals surface area (Å²) in [7, 11) is 0. The molecule has 0 radical (unpaired) electrons. The second kappa shape index (κ2) is 5.82. The lowest BCUT2D eigenvalue weighted by Crippen LogP contribution is -2.42. The van der Waals surface area contributed by atoms with Crippen molar-refractivity contribution in [3.63, 3.8) is 0 Å². The van der Waals surface area contributed by atoms with Gasteiger partial charge in [0, 0.05) is 6.20 Å². The van der Waals surface area contributed by atoms with Gasteiger partial charge in [0.1, 0.15) is 11.3 Å². The van der Waals surface area contributed by atoms with Crippen molar-refractivity contribution in [1.29, 1.82) is 0 Å². The highest BCUT2D eigenvalue weighted by Gasteiger charge is 2.27. The molecule has 1 atom stereocenters. The zero-order valence-electron chi connectivity index (χ0n) is 9.88. The van der Waals surface area contributed by atoms with Gasteiger partial charge < -0.3 is 10.4 Å². The van der Waals surface area contributed by atoms with Gasteiger partial charge in [0.25, 0.3) is 5.91 Å². The Hall–Kier alpha value is -0.910. The van der Waals surface area contributed by atoms with Gasteiger partial charge in [-0.25, -0.2) is 9.37 Å². The summed E-state index contributed by atoms with van der Waals surface area (Å²) in [5, 5.41) is 12.0. The van der Waals surface area contributed by atoms with Crippen LogP contribution in [0.25, 0.3) is 0 Å². The molecule has 4 nitrogen and oxygen atoms in total. The minimum absolute atomic E-state index is 0.101. The van der Waals surface area contributed by atoms with Crippen LogP contribution in [0.15, 0.2) is 12.3 Å². The highest BCUT2D eigenvalue weighted by Crippen LogP contribution is 2.18. The third-order valence-electron chi connectivity index (χ3n) is 2.27. The van der Waals surface area contributed by atoms with E-state index in [9.17, 15) is 14.3 Å². The monoisotopic (exact) mass is 294 g/mol. The molecule has 0 saturated carbocycles. The SMILES string of the molecule is CC(C)(O)[C@H](F)CNC(=O)c1cnc(Cl)cc1Cl. The average molecular weight is 295 g/mol. The van der Waals surface area contributed by atoms with Gasteiger partial charge >= 0.3 is 0 Å². The van der Waals surface area contributed by atoms with Crippen LogP contribution in [0.4, 0.5) is 4.39 Å². The van der Waals surface area contributed by atoms with Gasteiger partial charge in [0.05, 0.1) is 22.7 Å². The van der Waals surface area contributed by atoms with E-state index in [0.717, 1.165) is 0 Å². The van der Waals surface area contributed by atoms with Gasteiger partial charge in [-0.15, -0.1) is 0 Å². The van der Waals surface area contributed by atoms with Crippen molar-refractivity contribution in [1.82, 2.24) is 10.3 Å². The zero-order chi connectivity index (χ0) is 13.9. The van der Waals surface area contributed by atoms with Gasteiger partial charge in [0.15, 0.2) is 0 Å². The minimum Gasteiger partial charge on any atom is -0.387 e. The maximum absolute atomic E-state index is 13.4. The van der Waals surface area contributed by atoms with Gasteiger partial charge in [-0.1, -0.05) is 23.2 Å². The van der Waals surface area contributed by atoms with E-state index < -0.39 is 17.7 Å². The summed E-state index contributed by atoms with van der Waals surface area (Å²) < 4.78 is 13.4. The van der Waals surface area contributed by atoms with Crippen LogP contribution >= 0.6 is 23.2 Å². The molecule has 0 saturated heterocycles. The van der Waals surface area contributed by atoms with Crippen LogP contribution in [-0.4, -0.2) is 34.3 Å². The van der Waals surface area contributed by atoms with E-state index in [-0.39, 0.29) is 22.3 Å². The Bertz CT molecular complexity index is 449. The fourth-order valence-corrected chi connectivity index (χ4v) is 1.55. The number of rotatable bonds is 4. The molecule has 0 fully saturated rings. The molecule has 1 aromatic rings. The topological polar surface area (TPSA) is 62.2 Å². The van der Waals surface area contributed by atoms with E-state index in [1.165, 1.54) is 26.1 Å². The van der Waals surface area contributed by atoms with Crippen LogP contribution in [0, 0.1) is 0 Å². The second-order valence-electron chi connectivity index (χ2n) is 4.32. The molecule has 0 bridgehead atoms. The first-order valence-corrected chi connectivity index (χ1v) is 5.93. The normalized spacial score (nSPS) is 13.2. The number of aliphatic hydroxyl groups is 1. The Morgan fingerprint density at radius 3 is 2.72 bits per heavy atom. The molecule has 18 heavy (non-hydrogen) atoms. The highest BCUT2D eigenvalue weighted by atomic mass is 35.5. The highest BCUT2D eigenvalue weighted by molar-refractivity contribution is 6.36. The Balaban J connectivity index is 2.66. The van der Waals surface area contributed by atoms with Crippen molar-refractivity contribution in [3.8, 4) is 0 Å². The lowest BCUT2D eigenvalue weighted by Gasteiger charge is -2.22. The molecule has 1 rings (SSSR count). The van der Waals surface area contributed by atoms with Crippen molar-refractivity contribution in [2.75, 3.05) is 6.54 Å². The summed E-state index contributed by atoms with van der Waals surface area (Å²) in [6, 6.07) is 1.32. The molecule has 100 valence electrons. The fraction of sp³-hybridized carbons (Fsp3) is 0.455. The van der Waals surface area contributed by atoms with Gasteiger partial charge in [0.2, 0.25) is 0 Å². The number of alkyl halides is 1. The molecule has 1 amide bonds. The third kappa shape index (κ3) is 4.08. The molecule has 0 aliphatic carbocycles. The first-order chi connectivity index (χ1) is 8.21. The molecule has 0 spiro atoms. The molecule has 1 heterocycles. The standard InChI is InChI=1S/C11H13Cl2FN2O2/c1-11(2,18)8(14)5-16-10(17)6-4-15-9(13)3-7(6)12/h3-4,8,18H,5H2,1-2H3,(H,16,17)/t8-/m1/s1. The van der Waals surface area contributed by atoms with E-state index >= 15 is 0 Å². The smallest absolute Gasteiger partial charge is 0.254 e. The predicted octanol–water partition coefficient (Wildman–Crippen LogP) is 2.23. The van der Waals surface area contributed by atoms with Crippen molar-refractivity contribution in [2.24, 2.45) is 0 Å². The lowest BCUT2D eigenvalue weighted by molar-refractivity contribution is -0.00177. The third-order valence-corrected chi connectivity index (χ3v) is 2.79. The lowest BCUT2D eigenvalue weighted by atomic mass is 10.0. The molecule has 0 aliphatic rings. The minimum atomic E-state index is -1.58. The predicted molar refractivity (Wildman–Crippen MR) is 67.8 cm³/mol. The molecular weight excluding hydrogens is 282 g/mol.